The maximum Gasteiger partial charge on any atom is 0.0176 e. The van der Waals surface area contributed by atoms with Crippen LogP contribution < -0.4 is 0 Å². The normalized spacial score (nSPS) is 21.5. The van der Waals surface area contributed by atoms with Gasteiger partial charge in [-0.15, -0.1) is 0 Å². The summed E-state index contributed by atoms with van der Waals surface area (Å²) in [5.74, 6) is 0. The van der Waals surface area contributed by atoms with Crippen molar-refractivity contribution in [1.82, 2.24) is 4.90 Å². The lowest BCUT2D eigenvalue weighted by molar-refractivity contribution is 0.0989. The van der Waals surface area contributed by atoms with Crippen LogP contribution in [-0.2, 0) is 0 Å². The molecule has 0 aromatic heterocycles. The zero-order valence-corrected chi connectivity index (χ0v) is 9.60. The highest BCUT2D eigenvalue weighted by Gasteiger charge is 2.27. The Morgan fingerprint density at radius 1 is 0.923 bits per heavy atom. The van der Waals surface area contributed by atoms with Crippen LogP contribution in [0.4, 0.5) is 0 Å². The van der Waals surface area contributed by atoms with E-state index in [1.807, 2.05) is 0 Å². The third-order valence-corrected chi connectivity index (χ3v) is 3.89. The number of rotatable bonds is 3. The van der Waals surface area contributed by atoms with Crippen molar-refractivity contribution >= 4 is 0 Å². The molecule has 78 valence electrons. The van der Waals surface area contributed by atoms with Crippen LogP contribution in [-0.4, -0.2) is 23.5 Å². The summed E-state index contributed by atoms with van der Waals surface area (Å²) < 4.78 is 0. The highest BCUT2D eigenvalue weighted by Crippen LogP contribution is 2.26. The van der Waals surface area contributed by atoms with Gasteiger partial charge in [0.25, 0.3) is 0 Å². The number of hydrogen-bond acceptors (Lipinski definition) is 1. The molecular weight excluding hydrogens is 158 g/mol. The molecular formula is C12H25N. The van der Waals surface area contributed by atoms with Gasteiger partial charge in [0.1, 0.15) is 0 Å². The van der Waals surface area contributed by atoms with Gasteiger partial charge >= 0.3 is 0 Å². The molecule has 0 aliphatic carbocycles. The molecule has 1 fully saturated rings. The molecule has 0 saturated carbocycles. The first kappa shape index (κ1) is 11.0. The van der Waals surface area contributed by atoms with E-state index in [4.69, 9.17) is 0 Å². The van der Waals surface area contributed by atoms with E-state index in [2.05, 4.69) is 25.7 Å². The van der Waals surface area contributed by atoms with Crippen LogP contribution >= 0.6 is 0 Å². The van der Waals surface area contributed by atoms with Gasteiger partial charge in [-0.2, -0.15) is 0 Å². The fourth-order valence-corrected chi connectivity index (χ4v) is 2.31. The van der Waals surface area contributed by atoms with Crippen molar-refractivity contribution < 1.29 is 0 Å². The lowest BCUT2D eigenvalue weighted by Gasteiger charge is -2.39. The minimum atomic E-state index is 0.477. The molecule has 0 N–H and O–H groups in total. The smallest absolute Gasteiger partial charge is 0.0176 e. The third kappa shape index (κ3) is 2.70. The second-order valence-corrected chi connectivity index (χ2v) is 4.61. The molecule has 13 heavy (non-hydrogen) atoms. The Labute approximate surface area is 83.5 Å². The Morgan fingerprint density at radius 2 is 1.38 bits per heavy atom. The second-order valence-electron chi connectivity index (χ2n) is 4.61. The molecule has 0 aromatic carbocycles. The molecule has 0 unspecified atom stereocenters. The average Bonchev–Trinajstić information content (AvgIpc) is 2.45. The molecule has 0 amide bonds. The molecule has 1 aliphatic heterocycles. The van der Waals surface area contributed by atoms with Crippen LogP contribution in [0.2, 0.25) is 0 Å². The molecule has 1 aliphatic rings. The van der Waals surface area contributed by atoms with Crippen LogP contribution in [0.1, 0.15) is 59.3 Å². The van der Waals surface area contributed by atoms with Gasteiger partial charge in [0.2, 0.25) is 0 Å². The topological polar surface area (TPSA) is 3.24 Å². The standard InChI is InChI=1S/C12H25N/c1-4-12(3,5-2)13-10-8-6-7-9-11-13/h4-11H2,1-3H3. The minimum absolute atomic E-state index is 0.477. The summed E-state index contributed by atoms with van der Waals surface area (Å²) in [4.78, 5) is 2.72. The molecule has 0 atom stereocenters. The maximum absolute atomic E-state index is 2.72. The summed E-state index contributed by atoms with van der Waals surface area (Å²) >= 11 is 0. The first-order valence-electron chi connectivity index (χ1n) is 5.98. The predicted molar refractivity (Wildman–Crippen MR) is 59.0 cm³/mol. The largest absolute Gasteiger partial charge is 0.298 e. The van der Waals surface area contributed by atoms with Crippen molar-refractivity contribution in [3.8, 4) is 0 Å². The van der Waals surface area contributed by atoms with Gasteiger partial charge in [-0.1, -0.05) is 26.7 Å². The lowest BCUT2D eigenvalue weighted by atomic mass is 9.93. The number of likely N-dealkylation sites (tertiary alicyclic amines) is 1. The minimum Gasteiger partial charge on any atom is -0.298 e. The van der Waals surface area contributed by atoms with Crippen molar-refractivity contribution in [2.24, 2.45) is 0 Å². The van der Waals surface area contributed by atoms with Crippen LogP contribution in [0.5, 0.6) is 0 Å². The summed E-state index contributed by atoms with van der Waals surface area (Å²) in [6, 6.07) is 0. The highest BCUT2D eigenvalue weighted by molar-refractivity contribution is 4.84. The third-order valence-electron chi connectivity index (χ3n) is 3.89. The van der Waals surface area contributed by atoms with Gasteiger partial charge in [-0.25, -0.2) is 0 Å². The van der Waals surface area contributed by atoms with Crippen LogP contribution in [0.3, 0.4) is 0 Å². The van der Waals surface area contributed by atoms with E-state index in [-0.39, 0.29) is 0 Å². The summed E-state index contributed by atoms with van der Waals surface area (Å²) in [7, 11) is 0. The maximum atomic E-state index is 2.72. The van der Waals surface area contributed by atoms with E-state index in [1.165, 1.54) is 51.6 Å². The SMILES string of the molecule is CCC(C)(CC)N1CCCCCC1. The molecule has 0 bridgehead atoms. The van der Waals surface area contributed by atoms with Gasteiger partial charge in [0, 0.05) is 5.54 Å². The van der Waals surface area contributed by atoms with Gasteiger partial charge in [-0.3, -0.25) is 4.90 Å². The van der Waals surface area contributed by atoms with Gasteiger partial charge < -0.3 is 0 Å². The first-order valence-corrected chi connectivity index (χ1v) is 5.98. The van der Waals surface area contributed by atoms with Crippen molar-refractivity contribution in [3.63, 3.8) is 0 Å². The van der Waals surface area contributed by atoms with Crippen molar-refractivity contribution in [2.45, 2.75) is 64.8 Å². The second kappa shape index (κ2) is 4.99. The zero-order chi connectivity index (χ0) is 9.73. The summed E-state index contributed by atoms with van der Waals surface area (Å²) in [6.07, 6.45) is 8.30. The molecule has 1 rings (SSSR count). The Balaban J connectivity index is 2.55. The van der Waals surface area contributed by atoms with E-state index in [1.54, 1.807) is 0 Å². The fraction of sp³-hybridized carbons (Fsp3) is 1.00. The van der Waals surface area contributed by atoms with Crippen molar-refractivity contribution in [3.05, 3.63) is 0 Å². The van der Waals surface area contributed by atoms with Crippen LogP contribution in [0, 0.1) is 0 Å². The molecule has 1 heterocycles. The Kier molecular flexibility index (Phi) is 4.24. The zero-order valence-electron chi connectivity index (χ0n) is 9.60. The Morgan fingerprint density at radius 3 is 1.77 bits per heavy atom. The average molecular weight is 183 g/mol. The summed E-state index contributed by atoms with van der Waals surface area (Å²) in [5, 5.41) is 0. The monoisotopic (exact) mass is 183 g/mol. The lowest BCUT2D eigenvalue weighted by Crippen LogP contribution is -2.45. The molecule has 1 saturated heterocycles. The van der Waals surface area contributed by atoms with Crippen LogP contribution in [0.25, 0.3) is 0 Å². The van der Waals surface area contributed by atoms with Gasteiger partial charge in [0.05, 0.1) is 0 Å². The van der Waals surface area contributed by atoms with E-state index in [9.17, 15) is 0 Å². The number of hydrogen-bond donors (Lipinski definition) is 0. The highest BCUT2D eigenvalue weighted by atomic mass is 15.2. The molecule has 0 radical (unpaired) electrons. The Hall–Kier alpha value is -0.0400. The first-order chi connectivity index (χ1) is 6.23. The van der Waals surface area contributed by atoms with E-state index >= 15 is 0 Å². The van der Waals surface area contributed by atoms with Crippen molar-refractivity contribution in [1.29, 1.82) is 0 Å². The molecule has 0 spiro atoms. The molecule has 1 nitrogen and oxygen atoms in total. The predicted octanol–water partition coefficient (Wildman–Crippen LogP) is 3.44. The quantitative estimate of drug-likeness (QED) is 0.648. The Bertz CT molecular complexity index is 130. The summed E-state index contributed by atoms with van der Waals surface area (Å²) in [5.41, 5.74) is 0.477. The van der Waals surface area contributed by atoms with Gasteiger partial charge in [-0.05, 0) is 45.7 Å². The van der Waals surface area contributed by atoms with E-state index in [0.29, 0.717) is 5.54 Å². The van der Waals surface area contributed by atoms with Crippen LogP contribution in [0.15, 0.2) is 0 Å². The van der Waals surface area contributed by atoms with Gasteiger partial charge in [0.15, 0.2) is 0 Å². The van der Waals surface area contributed by atoms with Crippen molar-refractivity contribution in [2.75, 3.05) is 13.1 Å². The fourth-order valence-electron chi connectivity index (χ4n) is 2.31. The van der Waals surface area contributed by atoms with E-state index in [0.717, 1.165) is 0 Å². The summed E-state index contributed by atoms with van der Waals surface area (Å²) in [6.45, 7) is 9.75. The molecule has 1 heteroatoms. The number of nitrogens with zero attached hydrogens (tertiary/aromatic N) is 1. The molecule has 0 aromatic rings. The van der Waals surface area contributed by atoms with E-state index < -0.39 is 0 Å².